The normalized spacial score (nSPS) is 17.9. The Labute approximate surface area is 120 Å². The van der Waals surface area contributed by atoms with E-state index in [1.165, 1.54) is 17.7 Å². The van der Waals surface area contributed by atoms with Crippen LogP contribution in [0.5, 0.6) is 5.75 Å². The molecule has 0 aromatic heterocycles. The van der Waals surface area contributed by atoms with E-state index in [1.54, 1.807) is 12.1 Å². The summed E-state index contributed by atoms with van der Waals surface area (Å²) >= 11 is 0. The van der Waals surface area contributed by atoms with Crippen LogP contribution in [0.1, 0.15) is 12.5 Å². The van der Waals surface area contributed by atoms with Gasteiger partial charge in [0, 0.05) is 12.7 Å². The van der Waals surface area contributed by atoms with Gasteiger partial charge >= 0.3 is 6.36 Å². The van der Waals surface area contributed by atoms with Crippen molar-refractivity contribution in [2.45, 2.75) is 13.3 Å². The standard InChI is InChI=1S/C15H13F3N2O/c1-10-9-19-20-7-6-12(8-14(10)20)11-2-4-13(5-3-11)21-15(16,17)18/h2-8,19H,9H2,1H3. The van der Waals surface area contributed by atoms with Crippen LogP contribution in [-0.4, -0.2) is 17.9 Å². The molecule has 2 heterocycles. The van der Waals surface area contributed by atoms with Gasteiger partial charge in [-0.1, -0.05) is 12.1 Å². The molecule has 1 N–H and O–H groups in total. The number of alkyl halides is 3. The summed E-state index contributed by atoms with van der Waals surface area (Å²) in [6, 6.07) is 5.87. The van der Waals surface area contributed by atoms with Crippen LogP contribution < -0.4 is 10.2 Å². The summed E-state index contributed by atoms with van der Waals surface area (Å²) in [5, 5.41) is 1.93. The maximum absolute atomic E-state index is 12.1. The molecule has 0 aliphatic carbocycles. The van der Waals surface area contributed by atoms with Crippen LogP contribution in [0.25, 0.3) is 5.57 Å². The van der Waals surface area contributed by atoms with Crippen molar-refractivity contribution in [1.82, 2.24) is 10.4 Å². The molecule has 1 aromatic rings. The van der Waals surface area contributed by atoms with Crippen LogP contribution in [0.4, 0.5) is 13.2 Å². The molecule has 2 aliphatic rings. The Balaban J connectivity index is 1.83. The predicted molar refractivity (Wildman–Crippen MR) is 72.8 cm³/mol. The number of hydrazine groups is 1. The maximum Gasteiger partial charge on any atom is 0.573 e. The average molecular weight is 294 g/mol. The molecule has 0 fully saturated rings. The van der Waals surface area contributed by atoms with Gasteiger partial charge in [-0.25, -0.2) is 5.43 Å². The lowest BCUT2D eigenvalue weighted by Gasteiger charge is -2.20. The number of hydrogen-bond acceptors (Lipinski definition) is 3. The Hall–Kier alpha value is -2.21. The summed E-state index contributed by atoms with van der Waals surface area (Å²) in [5.74, 6) is -0.216. The van der Waals surface area contributed by atoms with Gasteiger partial charge in [-0.2, -0.15) is 0 Å². The highest BCUT2D eigenvalue weighted by molar-refractivity contribution is 5.77. The lowest BCUT2D eigenvalue weighted by Crippen LogP contribution is -2.27. The zero-order valence-electron chi connectivity index (χ0n) is 11.2. The number of benzene rings is 1. The van der Waals surface area contributed by atoms with E-state index in [1.807, 2.05) is 30.3 Å². The van der Waals surface area contributed by atoms with Crippen LogP contribution >= 0.6 is 0 Å². The largest absolute Gasteiger partial charge is 0.573 e. The fourth-order valence-electron chi connectivity index (χ4n) is 2.29. The molecule has 1 aromatic carbocycles. The number of nitrogens with one attached hydrogen (secondary N) is 1. The zero-order valence-corrected chi connectivity index (χ0v) is 11.2. The molecule has 0 atom stereocenters. The molecule has 0 bridgehead atoms. The van der Waals surface area contributed by atoms with E-state index in [2.05, 4.69) is 10.2 Å². The van der Waals surface area contributed by atoms with E-state index < -0.39 is 6.36 Å². The number of allylic oxidation sites excluding steroid dienone is 3. The molecule has 110 valence electrons. The van der Waals surface area contributed by atoms with Crippen molar-refractivity contribution in [2.75, 3.05) is 6.54 Å². The maximum atomic E-state index is 12.1. The number of halogens is 3. The first-order valence-corrected chi connectivity index (χ1v) is 6.41. The Morgan fingerprint density at radius 1 is 1.19 bits per heavy atom. The summed E-state index contributed by atoms with van der Waals surface area (Å²) < 4.78 is 40.2. The van der Waals surface area contributed by atoms with Gasteiger partial charge in [0.1, 0.15) is 5.75 Å². The van der Waals surface area contributed by atoms with E-state index in [-0.39, 0.29) is 5.75 Å². The molecular weight excluding hydrogens is 281 g/mol. The van der Waals surface area contributed by atoms with Gasteiger partial charge in [0.2, 0.25) is 0 Å². The van der Waals surface area contributed by atoms with Gasteiger partial charge in [0.25, 0.3) is 0 Å². The molecule has 0 saturated heterocycles. The van der Waals surface area contributed by atoms with Crippen LogP contribution in [0.15, 0.2) is 53.9 Å². The molecule has 21 heavy (non-hydrogen) atoms. The van der Waals surface area contributed by atoms with Gasteiger partial charge < -0.3 is 4.74 Å². The third kappa shape index (κ3) is 2.95. The highest BCUT2D eigenvalue weighted by atomic mass is 19.4. The van der Waals surface area contributed by atoms with Crippen molar-refractivity contribution in [1.29, 1.82) is 0 Å². The van der Waals surface area contributed by atoms with Gasteiger partial charge in [-0.3, -0.25) is 5.01 Å². The molecule has 0 saturated carbocycles. The minimum Gasteiger partial charge on any atom is -0.406 e. The van der Waals surface area contributed by atoms with Crippen molar-refractivity contribution in [3.63, 3.8) is 0 Å². The first kappa shape index (κ1) is 13.8. The first-order chi connectivity index (χ1) is 9.92. The number of rotatable bonds is 2. The fourth-order valence-corrected chi connectivity index (χ4v) is 2.29. The SMILES string of the molecule is CC1=C2C=C(c3ccc(OC(F)(F)F)cc3)C=CN2NC1. The number of hydrogen-bond donors (Lipinski definition) is 1. The molecule has 0 amide bonds. The first-order valence-electron chi connectivity index (χ1n) is 6.41. The summed E-state index contributed by atoms with van der Waals surface area (Å²) in [5.41, 5.74) is 7.27. The summed E-state index contributed by atoms with van der Waals surface area (Å²) in [4.78, 5) is 0. The third-order valence-corrected chi connectivity index (χ3v) is 3.33. The predicted octanol–water partition coefficient (Wildman–Crippen LogP) is 3.59. The molecule has 3 nitrogen and oxygen atoms in total. The quantitative estimate of drug-likeness (QED) is 0.902. The Morgan fingerprint density at radius 3 is 2.57 bits per heavy atom. The molecule has 0 unspecified atom stereocenters. The smallest absolute Gasteiger partial charge is 0.406 e. The number of fused-ring (bicyclic) bond motifs is 1. The van der Waals surface area contributed by atoms with E-state index in [4.69, 9.17) is 0 Å². The van der Waals surface area contributed by atoms with E-state index >= 15 is 0 Å². The monoisotopic (exact) mass is 294 g/mol. The lowest BCUT2D eigenvalue weighted by atomic mass is 10.0. The summed E-state index contributed by atoms with van der Waals surface area (Å²) in [6.07, 6.45) is 1.16. The van der Waals surface area contributed by atoms with Crippen molar-refractivity contribution >= 4 is 5.57 Å². The molecular formula is C15H13F3N2O. The third-order valence-electron chi connectivity index (χ3n) is 3.33. The summed E-state index contributed by atoms with van der Waals surface area (Å²) in [7, 11) is 0. The Morgan fingerprint density at radius 2 is 1.90 bits per heavy atom. The molecule has 0 spiro atoms. The fraction of sp³-hybridized carbons (Fsp3) is 0.200. The molecule has 2 aliphatic heterocycles. The lowest BCUT2D eigenvalue weighted by molar-refractivity contribution is -0.274. The second-order valence-corrected chi connectivity index (χ2v) is 4.86. The highest BCUT2D eigenvalue weighted by Crippen LogP contribution is 2.30. The van der Waals surface area contributed by atoms with Crippen LogP contribution in [-0.2, 0) is 0 Å². The van der Waals surface area contributed by atoms with Crippen LogP contribution in [0, 0.1) is 0 Å². The van der Waals surface area contributed by atoms with Crippen molar-refractivity contribution < 1.29 is 17.9 Å². The van der Waals surface area contributed by atoms with Crippen molar-refractivity contribution in [2.24, 2.45) is 0 Å². The van der Waals surface area contributed by atoms with E-state index in [0.717, 1.165) is 23.4 Å². The van der Waals surface area contributed by atoms with Gasteiger partial charge in [0.15, 0.2) is 0 Å². The van der Waals surface area contributed by atoms with Crippen LogP contribution in [0.2, 0.25) is 0 Å². The topological polar surface area (TPSA) is 24.5 Å². The van der Waals surface area contributed by atoms with E-state index in [0.29, 0.717) is 0 Å². The minimum atomic E-state index is -4.66. The molecule has 6 heteroatoms. The molecule has 3 rings (SSSR count). The number of nitrogens with zero attached hydrogens (tertiary/aromatic N) is 1. The number of ether oxygens (including phenoxy) is 1. The van der Waals surface area contributed by atoms with E-state index in [9.17, 15) is 13.2 Å². The Kier molecular flexibility index (Phi) is 3.25. The summed E-state index contributed by atoms with van der Waals surface area (Å²) in [6.45, 7) is 2.83. The Bertz CT molecular complexity index is 642. The van der Waals surface area contributed by atoms with Gasteiger partial charge in [-0.15, -0.1) is 13.2 Å². The van der Waals surface area contributed by atoms with Gasteiger partial charge in [-0.05, 0) is 47.9 Å². The minimum absolute atomic E-state index is 0.216. The van der Waals surface area contributed by atoms with Crippen molar-refractivity contribution in [3.8, 4) is 5.75 Å². The second kappa shape index (κ2) is 4.96. The van der Waals surface area contributed by atoms with Gasteiger partial charge in [0.05, 0.1) is 5.70 Å². The van der Waals surface area contributed by atoms with Crippen LogP contribution in [0.3, 0.4) is 0 Å². The van der Waals surface area contributed by atoms with Crippen molar-refractivity contribution in [3.05, 3.63) is 59.5 Å². The second-order valence-electron chi connectivity index (χ2n) is 4.86. The highest BCUT2D eigenvalue weighted by Gasteiger charge is 2.31. The zero-order chi connectivity index (χ0) is 15.0. The average Bonchev–Trinajstić information content (AvgIpc) is 2.79. The molecule has 0 radical (unpaired) electrons.